The van der Waals surface area contributed by atoms with E-state index < -0.39 is 0 Å². The van der Waals surface area contributed by atoms with Crippen LogP contribution in [0.4, 0.5) is 10.5 Å². The van der Waals surface area contributed by atoms with Gasteiger partial charge in [0.25, 0.3) is 0 Å². The number of ether oxygens (including phenoxy) is 2. The van der Waals surface area contributed by atoms with E-state index >= 15 is 0 Å². The summed E-state index contributed by atoms with van der Waals surface area (Å²) in [6.07, 6.45) is 4.26. The van der Waals surface area contributed by atoms with Crippen molar-refractivity contribution in [2.45, 2.75) is 31.7 Å². The van der Waals surface area contributed by atoms with Crippen LogP contribution in [-0.4, -0.2) is 37.2 Å². The number of amidine groups is 1. The SMILES string of the molecule is COc1ccc(C2CCOCC2)c2c1CC(NC(=O)NCc1nccs1)=N2. The maximum absolute atomic E-state index is 12.2. The number of fused-ring (bicyclic) bond motifs is 1. The van der Waals surface area contributed by atoms with E-state index in [-0.39, 0.29) is 6.03 Å². The number of aliphatic imine (C=N–C) groups is 1. The van der Waals surface area contributed by atoms with Gasteiger partial charge in [-0.05, 0) is 30.4 Å². The first kappa shape index (κ1) is 17.9. The van der Waals surface area contributed by atoms with Crippen LogP contribution < -0.4 is 15.4 Å². The minimum atomic E-state index is -0.275. The number of hydrogen-bond acceptors (Lipinski definition) is 6. The van der Waals surface area contributed by atoms with E-state index in [9.17, 15) is 4.79 Å². The summed E-state index contributed by atoms with van der Waals surface area (Å²) in [5.41, 5.74) is 3.20. The summed E-state index contributed by atoms with van der Waals surface area (Å²) in [6.45, 7) is 1.96. The second-order valence-electron chi connectivity index (χ2n) is 6.54. The Bertz CT molecular complexity index is 845. The summed E-state index contributed by atoms with van der Waals surface area (Å²) in [6, 6.07) is 3.83. The summed E-state index contributed by atoms with van der Waals surface area (Å²) >= 11 is 1.51. The zero-order valence-electron chi connectivity index (χ0n) is 15.2. The van der Waals surface area contributed by atoms with Crippen molar-refractivity contribution in [1.29, 1.82) is 0 Å². The Morgan fingerprint density at radius 3 is 2.96 bits per heavy atom. The third-order valence-electron chi connectivity index (χ3n) is 4.88. The van der Waals surface area contributed by atoms with Gasteiger partial charge in [0.15, 0.2) is 0 Å². The fraction of sp³-hybridized carbons (Fsp3) is 0.421. The molecule has 0 spiro atoms. The molecule has 2 N–H and O–H groups in total. The Morgan fingerprint density at radius 2 is 2.22 bits per heavy atom. The summed E-state index contributed by atoms with van der Waals surface area (Å²) in [5, 5.41) is 8.43. The van der Waals surface area contributed by atoms with E-state index in [1.807, 2.05) is 11.4 Å². The molecule has 2 aliphatic heterocycles. The zero-order valence-corrected chi connectivity index (χ0v) is 16.0. The van der Waals surface area contributed by atoms with Crippen LogP contribution in [0.2, 0.25) is 0 Å². The minimum absolute atomic E-state index is 0.275. The van der Waals surface area contributed by atoms with E-state index in [4.69, 9.17) is 14.5 Å². The molecule has 2 aliphatic rings. The lowest BCUT2D eigenvalue weighted by Gasteiger charge is -2.24. The average molecular weight is 386 g/mol. The molecule has 0 atom stereocenters. The molecule has 4 rings (SSSR count). The maximum atomic E-state index is 12.2. The number of hydrogen-bond donors (Lipinski definition) is 2. The van der Waals surface area contributed by atoms with Gasteiger partial charge in [0.2, 0.25) is 0 Å². The maximum Gasteiger partial charge on any atom is 0.320 e. The Morgan fingerprint density at radius 1 is 1.37 bits per heavy atom. The molecule has 0 aliphatic carbocycles. The van der Waals surface area contributed by atoms with Crippen LogP contribution in [0.15, 0.2) is 28.7 Å². The first-order valence-corrected chi connectivity index (χ1v) is 9.91. The van der Waals surface area contributed by atoms with Gasteiger partial charge in [0, 0.05) is 36.8 Å². The molecule has 8 heteroatoms. The number of rotatable bonds is 4. The smallest absolute Gasteiger partial charge is 0.320 e. The number of aromatic nitrogens is 1. The predicted octanol–water partition coefficient (Wildman–Crippen LogP) is 3.13. The summed E-state index contributed by atoms with van der Waals surface area (Å²) in [7, 11) is 1.66. The van der Waals surface area contributed by atoms with Gasteiger partial charge in [-0.2, -0.15) is 0 Å². The minimum Gasteiger partial charge on any atom is -0.496 e. The van der Waals surface area contributed by atoms with Crippen LogP contribution in [0, 0.1) is 0 Å². The summed E-state index contributed by atoms with van der Waals surface area (Å²) in [5.74, 6) is 1.88. The fourth-order valence-corrected chi connectivity index (χ4v) is 4.11. The molecule has 142 valence electrons. The zero-order chi connectivity index (χ0) is 18.6. The van der Waals surface area contributed by atoms with Crippen LogP contribution >= 0.6 is 11.3 Å². The number of thiazole rings is 1. The molecule has 27 heavy (non-hydrogen) atoms. The lowest BCUT2D eigenvalue weighted by atomic mass is 9.89. The van der Waals surface area contributed by atoms with Crippen molar-refractivity contribution in [1.82, 2.24) is 15.6 Å². The quantitative estimate of drug-likeness (QED) is 0.845. The normalized spacial score (nSPS) is 16.6. The highest BCUT2D eigenvalue weighted by molar-refractivity contribution is 7.09. The number of carbonyl (C=O) groups is 1. The van der Waals surface area contributed by atoms with Crippen LogP contribution in [0.25, 0.3) is 0 Å². The van der Waals surface area contributed by atoms with Crippen molar-refractivity contribution in [2.24, 2.45) is 4.99 Å². The molecule has 2 amide bonds. The van der Waals surface area contributed by atoms with E-state index in [2.05, 4.69) is 21.7 Å². The number of urea groups is 1. The molecule has 1 fully saturated rings. The molecule has 7 nitrogen and oxygen atoms in total. The first-order valence-electron chi connectivity index (χ1n) is 9.03. The number of carbonyl (C=O) groups excluding carboxylic acids is 1. The van der Waals surface area contributed by atoms with Crippen molar-refractivity contribution in [2.75, 3.05) is 20.3 Å². The monoisotopic (exact) mass is 386 g/mol. The molecule has 1 aromatic carbocycles. The average Bonchev–Trinajstić information content (AvgIpc) is 3.36. The third kappa shape index (κ3) is 3.96. The predicted molar refractivity (Wildman–Crippen MR) is 104 cm³/mol. The lowest BCUT2D eigenvalue weighted by Crippen LogP contribution is -2.39. The van der Waals surface area contributed by atoms with Crippen LogP contribution in [-0.2, 0) is 17.7 Å². The number of nitrogens with zero attached hydrogens (tertiary/aromatic N) is 2. The molecule has 0 bridgehead atoms. The highest BCUT2D eigenvalue weighted by atomic mass is 32.1. The molecular weight excluding hydrogens is 364 g/mol. The van der Waals surface area contributed by atoms with E-state index in [1.165, 1.54) is 16.9 Å². The number of amides is 2. The van der Waals surface area contributed by atoms with Crippen LogP contribution in [0.5, 0.6) is 5.75 Å². The van der Waals surface area contributed by atoms with Crippen molar-refractivity contribution in [3.63, 3.8) is 0 Å². The Labute approximate surface area is 161 Å². The number of methoxy groups -OCH3 is 1. The molecular formula is C19H22N4O3S. The largest absolute Gasteiger partial charge is 0.496 e. The van der Waals surface area contributed by atoms with Crippen LogP contribution in [0.1, 0.15) is 34.9 Å². The van der Waals surface area contributed by atoms with Crippen molar-refractivity contribution in [3.8, 4) is 5.75 Å². The molecule has 1 aromatic heterocycles. The standard InChI is InChI=1S/C19H22N4O3S/c1-25-15-3-2-13(12-4-7-26-8-5-12)18-14(15)10-16(22-18)23-19(24)21-11-17-20-6-9-27-17/h2-3,6,9,12H,4-5,7-8,10-11H2,1H3,(H2,21,22,23,24). The van der Waals surface area contributed by atoms with Crippen molar-refractivity contribution >= 4 is 28.9 Å². The molecule has 2 aromatic rings. The van der Waals surface area contributed by atoms with Crippen LogP contribution in [0.3, 0.4) is 0 Å². The van der Waals surface area contributed by atoms with Gasteiger partial charge < -0.3 is 14.8 Å². The van der Waals surface area contributed by atoms with Gasteiger partial charge in [0.1, 0.15) is 16.6 Å². The van der Waals surface area contributed by atoms with Crippen molar-refractivity contribution < 1.29 is 14.3 Å². The fourth-order valence-electron chi connectivity index (χ4n) is 3.55. The van der Waals surface area contributed by atoms with E-state index in [0.717, 1.165) is 48.1 Å². The topological polar surface area (TPSA) is 84.8 Å². The van der Waals surface area contributed by atoms with Gasteiger partial charge in [-0.3, -0.25) is 5.32 Å². The summed E-state index contributed by atoms with van der Waals surface area (Å²) < 4.78 is 11.0. The first-order chi connectivity index (χ1) is 13.2. The molecule has 0 saturated carbocycles. The van der Waals surface area contributed by atoms with Crippen molar-refractivity contribution in [3.05, 3.63) is 39.8 Å². The van der Waals surface area contributed by atoms with Gasteiger partial charge >= 0.3 is 6.03 Å². The second kappa shape index (κ2) is 8.06. The van der Waals surface area contributed by atoms with Gasteiger partial charge in [-0.15, -0.1) is 11.3 Å². The van der Waals surface area contributed by atoms with Gasteiger partial charge in [-0.25, -0.2) is 14.8 Å². The molecule has 3 heterocycles. The third-order valence-corrected chi connectivity index (χ3v) is 5.66. The van der Waals surface area contributed by atoms with E-state index in [1.54, 1.807) is 13.3 Å². The number of benzene rings is 1. The molecule has 1 saturated heterocycles. The van der Waals surface area contributed by atoms with Gasteiger partial charge in [-0.1, -0.05) is 6.07 Å². The molecule has 0 unspecified atom stereocenters. The highest BCUT2D eigenvalue weighted by Gasteiger charge is 2.27. The second-order valence-corrected chi connectivity index (χ2v) is 7.52. The summed E-state index contributed by atoms with van der Waals surface area (Å²) in [4.78, 5) is 21.1. The number of nitrogens with one attached hydrogen (secondary N) is 2. The van der Waals surface area contributed by atoms with Gasteiger partial charge in [0.05, 0.1) is 19.3 Å². The Kier molecular flexibility index (Phi) is 5.35. The Balaban J connectivity index is 1.48. The Hall–Kier alpha value is -2.45. The van der Waals surface area contributed by atoms with E-state index in [0.29, 0.717) is 24.7 Å². The molecule has 0 radical (unpaired) electrons. The highest BCUT2D eigenvalue weighted by Crippen LogP contribution is 2.42. The lowest BCUT2D eigenvalue weighted by molar-refractivity contribution is 0.0854.